The summed E-state index contributed by atoms with van der Waals surface area (Å²) in [6.07, 6.45) is 6.32. The Morgan fingerprint density at radius 2 is 1.97 bits per heavy atom. The maximum atomic E-state index is 13.3. The van der Waals surface area contributed by atoms with Crippen molar-refractivity contribution in [3.8, 4) is 0 Å². The number of hydrogen-bond donors (Lipinski definition) is 2. The van der Waals surface area contributed by atoms with Crippen LogP contribution in [0.2, 0.25) is 0 Å². The molecule has 2 rings (SSSR count). The number of aliphatic hydroxyl groups excluding tert-OH is 2. The van der Waals surface area contributed by atoms with Gasteiger partial charge in [-0.2, -0.15) is 0 Å². The van der Waals surface area contributed by atoms with E-state index in [1.807, 2.05) is 51.3 Å². The van der Waals surface area contributed by atoms with Gasteiger partial charge in [-0.1, -0.05) is 30.7 Å². The second-order valence-corrected chi connectivity index (χ2v) is 13.2. The molecular formula is C26H39NO5S2. The van der Waals surface area contributed by atoms with Crippen LogP contribution in [0.15, 0.2) is 34.8 Å². The largest absolute Gasteiger partial charge is 0.457 e. The highest BCUT2D eigenvalue weighted by Gasteiger charge is 2.41. The van der Waals surface area contributed by atoms with Crippen LogP contribution in [0, 0.1) is 12.8 Å². The quantitative estimate of drug-likeness (QED) is 0.442. The van der Waals surface area contributed by atoms with Gasteiger partial charge >= 0.3 is 5.97 Å². The Morgan fingerprint density at radius 1 is 1.29 bits per heavy atom. The molecule has 0 fully saturated rings. The molecule has 6 nitrogen and oxygen atoms in total. The molecule has 1 aliphatic heterocycles. The van der Waals surface area contributed by atoms with E-state index in [0.717, 1.165) is 21.8 Å². The molecule has 0 radical (unpaired) electrons. The predicted molar refractivity (Wildman–Crippen MR) is 140 cm³/mol. The summed E-state index contributed by atoms with van der Waals surface area (Å²) in [7, 11) is -1.59. The third-order valence-electron chi connectivity index (χ3n) is 6.39. The molecule has 34 heavy (non-hydrogen) atoms. The fourth-order valence-corrected chi connectivity index (χ4v) is 6.23. The van der Waals surface area contributed by atoms with Crippen LogP contribution in [-0.2, 0) is 20.3 Å². The first-order valence-electron chi connectivity index (χ1n) is 11.7. The molecular weight excluding hydrogens is 470 g/mol. The highest BCUT2D eigenvalue weighted by atomic mass is 32.2. The monoisotopic (exact) mass is 509 g/mol. The van der Waals surface area contributed by atoms with Crippen LogP contribution >= 0.6 is 11.3 Å². The van der Waals surface area contributed by atoms with Gasteiger partial charge in [-0.25, -0.2) is 4.98 Å². The lowest BCUT2D eigenvalue weighted by atomic mass is 10.00. The summed E-state index contributed by atoms with van der Waals surface area (Å²) in [6, 6.07) is 0. The van der Waals surface area contributed by atoms with E-state index in [1.165, 1.54) is 0 Å². The first-order chi connectivity index (χ1) is 15.8. The second kappa shape index (κ2) is 12.4. The van der Waals surface area contributed by atoms with Gasteiger partial charge in [0.25, 0.3) is 0 Å². The number of hydrogen-bond acceptors (Lipinski definition) is 7. The second-order valence-electron chi connectivity index (χ2n) is 9.75. The number of cyclic esters (lactones) is 1. The third kappa shape index (κ3) is 7.70. The highest BCUT2D eigenvalue weighted by Crippen LogP contribution is 2.28. The molecule has 1 aliphatic rings. The topological polar surface area (TPSA) is 96.7 Å². The lowest BCUT2D eigenvalue weighted by Gasteiger charge is -2.34. The van der Waals surface area contributed by atoms with Crippen LogP contribution in [0.4, 0.5) is 0 Å². The Balaban J connectivity index is 2.37. The molecule has 0 spiro atoms. The molecule has 2 N–H and O–H groups in total. The number of rotatable bonds is 2. The van der Waals surface area contributed by atoms with Gasteiger partial charge in [0.15, 0.2) is 0 Å². The van der Waals surface area contributed by atoms with E-state index < -0.39 is 45.1 Å². The summed E-state index contributed by atoms with van der Waals surface area (Å²) in [5, 5.41) is 23.9. The predicted octanol–water partition coefficient (Wildman–Crippen LogP) is 4.73. The number of thiazole rings is 1. The van der Waals surface area contributed by atoms with Gasteiger partial charge in [0.05, 0.1) is 39.3 Å². The first-order valence-corrected chi connectivity index (χ1v) is 13.8. The van der Waals surface area contributed by atoms with Crippen molar-refractivity contribution in [1.82, 2.24) is 4.98 Å². The zero-order chi connectivity index (χ0) is 25.6. The van der Waals surface area contributed by atoms with Gasteiger partial charge < -0.3 is 14.9 Å². The molecule has 190 valence electrons. The summed E-state index contributed by atoms with van der Waals surface area (Å²) in [5.74, 6) is -0.749. The van der Waals surface area contributed by atoms with Crippen LogP contribution in [0.5, 0.6) is 0 Å². The summed E-state index contributed by atoms with van der Waals surface area (Å²) in [4.78, 5) is 17.3. The molecule has 0 amide bonds. The van der Waals surface area contributed by atoms with Crippen molar-refractivity contribution >= 4 is 34.2 Å². The molecule has 6 atom stereocenters. The molecule has 0 aliphatic carbocycles. The zero-order valence-corrected chi connectivity index (χ0v) is 22.9. The molecule has 1 aromatic heterocycles. The van der Waals surface area contributed by atoms with Gasteiger partial charge in [-0.05, 0) is 59.6 Å². The molecule has 0 bridgehead atoms. The van der Waals surface area contributed by atoms with Gasteiger partial charge in [0.1, 0.15) is 6.10 Å². The standard InChI is InChI=1S/C26H39NO5S2/c1-16-9-8-10-17(2)25(30)19(4)34(31)26(6,7)23(28)14-24(29)32-22(12-11-16)18(3)13-21-15-33-20(5)27-21/h8,10-11,13,15,17,19,22-23,25,28,30H,9,12,14H2,1-7H3/b10-8+,16-11-,18-13+/t17-,19+,22-,23+,25-,34?/m0/s1. The lowest BCUT2D eigenvalue weighted by molar-refractivity contribution is -0.149. The van der Waals surface area contributed by atoms with Crippen molar-refractivity contribution in [1.29, 1.82) is 0 Å². The fraction of sp³-hybridized carbons (Fsp3) is 0.615. The molecule has 0 aromatic carbocycles. The molecule has 1 aromatic rings. The average molecular weight is 510 g/mol. The maximum Gasteiger partial charge on any atom is 0.309 e. The zero-order valence-electron chi connectivity index (χ0n) is 21.3. The Labute approximate surface area is 210 Å². The number of aromatic nitrogens is 1. The Kier molecular flexibility index (Phi) is 10.4. The van der Waals surface area contributed by atoms with Gasteiger partial charge in [-0.15, -0.1) is 11.3 Å². The van der Waals surface area contributed by atoms with Crippen LogP contribution < -0.4 is 0 Å². The van der Waals surface area contributed by atoms with Crippen LogP contribution in [-0.4, -0.2) is 53.7 Å². The third-order valence-corrected chi connectivity index (χ3v) is 9.45. The molecule has 1 unspecified atom stereocenters. The number of aryl methyl sites for hydroxylation is 1. The van der Waals surface area contributed by atoms with Crippen molar-refractivity contribution in [3.05, 3.63) is 45.5 Å². The van der Waals surface area contributed by atoms with Gasteiger partial charge in [-0.3, -0.25) is 9.00 Å². The minimum Gasteiger partial charge on any atom is -0.457 e. The number of carbonyl (C=O) groups excluding carboxylic acids is 1. The van der Waals surface area contributed by atoms with E-state index in [4.69, 9.17) is 4.74 Å². The highest BCUT2D eigenvalue weighted by molar-refractivity contribution is 7.87. The molecule has 0 saturated carbocycles. The smallest absolute Gasteiger partial charge is 0.309 e. The van der Waals surface area contributed by atoms with E-state index >= 15 is 0 Å². The average Bonchev–Trinajstić information content (AvgIpc) is 3.18. The number of ether oxygens (including phenoxy) is 1. The van der Waals surface area contributed by atoms with E-state index in [-0.39, 0.29) is 12.3 Å². The number of carbonyl (C=O) groups is 1. The number of nitrogens with zero attached hydrogens (tertiary/aromatic N) is 1. The van der Waals surface area contributed by atoms with Crippen LogP contribution in [0.3, 0.4) is 0 Å². The SMILES string of the molecule is C/C1=C/C[C@@H](/C(C)=C/c2csc(C)n2)OC(=O)C[C@@H](O)C(C)(C)S(=O)[C@H](C)[C@@H](O)[C@@H](C)/C=C/C1. The Bertz CT molecular complexity index is 962. The lowest BCUT2D eigenvalue weighted by Crippen LogP contribution is -2.48. The molecule has 0 saturated heterocycles. The number of aliphatic hydroxyl groups is 2. The van der Waals surface area contributed by atoms with Crippen molar-refractivity contribution in [2.75, 3.05) is 0 Å². The molecule has 2 heterocycles. The van der Waals surface area contributed by atoms with Gasteiger partial charge in [0, 0.05) is 28.5 Å². The maximum absolute atomic E-state index is 13.3. The van der Waals surface area contributed by atoms with E-state index in [0.29, 0.717) is 12.8 Å². The number of allylic oxidation sites excluding steroid dienone is 2. The van der Waals surface area contributed by atoms with Crippen molar-refractivity contribution in [2.45, 2.75) is 96.0 Å². The van der Waals surface area contributed by atoms with E-state index in [2.05, 4.69) is 11.1 Å². The Hall–Kier alpha value is -1.61. The minimum atomic E-state index is -1.59. The summed E-state index contributed by atoms with van der Waals surface area (Å²) >= 11 is 1.56. The van der Waals surface area contributed by atoms with Crippen molar-refractivity contribution in [2.24, 2.45) is 5.92 Å². The fourth-order valence-electron chi connectivity index (χ4n) is 3.85. The summed E-state index contributed by atoms with van der Waals surface area (Å²) in [5.41, 5.74) is 2.80. The Morgan fingerprint density at radius 3 is 2.59 bits per heavy atom. The summed E-state index contributed by atoms with van der Waals surface area (Å²) in [6.45, 7) is 12.8. The van der Waals surface area contributed by atoms with Crippen LogP contribution in [0.25, 0.3) is 6.08 Å². The van der Waals surface area contributed by atoms with Crippen LogP contribution in [0.1, 0.15) is 71.5 Å². The number of esters is 1. The van der Waals surface area contributed by atoms with E-state index in [1.54, 1.807) is 32.1 Å². The summed E-state index contributed by atoms with van der Waals surface area (Å²) < 4.78 is 18.0. The minimum absolute atomic E-state index is 0.197. The first kappa shape index (κ1) is 28.6. The van der Waals surface area contributed by atoms with Gasteiger partial charge in [0.2, 0.25) is 0 Å². The van der Waals surface area contributed by atoms with E-state index in [9.17, 15) is 19.2 Å². The molecule has 8 heteroatoms. The normalized spacial score (nSPS) is 34.7. The van der Waals surface area contributed by atoms with Crippen molar-refractivity contribution < 1.29 is 24.0 Å². The van der Waals surface area contributed by atoms with Crippen molar-refractivity contribution in [3.63, 3.8) is 0 Å².